The molecule has 1 amide bonds. The van der Waals surface area contributed by atoms with Crippen molar-refractivity contribution in [2.24, 2.45) is 0 Å². The summed E-state index contributed by atoms with van der Waals surface area (Å²) in [5, 5.41) is 2.06. The third-order valence-corrected chi connectivity index (χ3v) is 8.97. The Morgan fingerprint density at radius 1 is 0.930 bits per heavy atom. The number of hydrogen-bond donors (Lipinski definition) is 1. The first-order valence-corrected chi connectivity index (χ1v) is 14.7. The maximum Gasteiger partial charge on any atom is 0.353 e. The Balaban J connectivity index is 1.51. The first-order chi connectivity index (χ1) is 20.9. The first kappa shape index (κ1) is 30.3. The summed E-state index contributed by atoms with van der Waals surface area (Å²) in [7, 11) is 4.95. The normalized spacial score (nSPS) is 18.3. The van der Waals surface area contributed by atoms with Gasteiger partial charge in [-0.1, -0.05) is 54.6 Å². The number of nitrogens with one attached hydrogen (secondary N) is 1. The molecule has 1 N–H and O–H groups in total. The molecule has 5 rings (SSSR count). The van der Waals surface area contributed by atoms with Crippen LogP contribution in [-0.2, 0) is 19.9 Å². The lowest BCUT2D eigenvalue weighted by Gasteiger charge is -2.37. The summed E-state index contributed by atoms with van der Waals surface area (Å²) in [6, 6.07) is 25.8. The zero-order chi connectivity index (χ0) is 30.4. The molecule has 0 radical (unpaired) electrons. The standard InChI is InChI=1S/C32H34N4O6S/c1-21(37)34-30-33-20-36(31(38)35-30)29-18-27(41-4)28(43-29)19-42-32(22-8-6-5-7-9-22,23-10-14-25(39-2)15-11-23)24-12-16-26(40-3)17-13-24/h5-17,20,27-29H,18-19H2,1-4H3,(H,34,35,37,38)/t27-,28-,29-/m1/s1. The number of amides is 1. The van der Waals surface area contributed by atoms with Crippen LogP contribution in [0.2, 0.25) is 0 Å². The SMILES string of the molecule is COc1ccc(C(OC[C@H]2S[C@@H](n3cnc(NC(C)=O)nc3=O)C[C@H]2OC)(c2ccccc2)c2ccc(OC)cc2)cc1. The Morgan fingerprint density at radius 2 is 1.51 bits per heavy atom. The molecule has 224 valence electrons. The highest BCUT2D eigenvalue weighted by Gasteiger charge is 2.42. The van der Waals surface area contributed by atoms with Gasteiger partial charge in [-0.3, -0.25) is 14.7 Å². The minimum Gasteiger partial charge on any atom is -0.497 e. The molecule has 4 aromatic rings. The zero-order valence-electron chi connectivity index (χ0n) is 24.4. The fraction of sp³-hybridized carbons (Fsp3) is 0.312. The minimum atomic E-state index is -0.975. The van der Waals surface area contributed by atoms with Crippen molar-refractivity contribution in [2.75, 3.05) is 33.3 Å². The number of nitrogens with zero attached hydrogens (tertiary/aromatic N) is 3. The highest BCUT2D eigenvalue weighted by atomic mass is 32.2. The highest BCUT2D eigenvalue weighted by Crippen LogP contribution is 2.46. The number of aromatic nitrogens is 3. The van der Waals surface area contributed by atoms with Gasteiger partial charge in [-0.25, -0.2) is 9.78 Å². The van der Waals surface area contributed by atoms with E-state index in [4.69, 9.17) is 18.9 Å². The van der Waals surface area contributed by atoms with E-state index in [1.807, 2.05) is 66.7 Å². The molecule has 0 aliphatic carbocycles. The molecule has 3 atom stereocenters. The lowest BCUT2D eigenvalue weighted by molar-refractivity contribution is -0.114. The molecule has 1 aromatic heterocycles. The smallest absolute Gasteiger partial charge is 0.353 e. The van der Waals surface area contributed by atoms with E-state index >= 15 is 0 Å². The predicted octanol–water partition coefficient (Wildman–Crippen LogP) is 4.64. The van der Waals surface area contributed by atoms with Gasteiger partial charge in [0, 0.05) is 20.5 Å². The fourth-order valence-corrected chi connectivity index (χ4v) is 6.83. The number of hydrogen-bond acceptors (Lipinski definition) is 9. The second-order valence-corrected chi connectivity index (χ2v) is 11.4. The third kappa shape index (κ3) is 6.43. The van der Waals surface area contributed by atoms with E-state index in [2.05, 4.69) is 27.4 Å². The van der Waals surface area contributed by atoms with E-state index < -0.39 is 11.3 Å². The van der Waals surface area contributed by atoms with Gasteiger partial charge in [-0.15, -0.1) is 11.8 Å². The van der Waals surface area contributed by atoms with Gasteiger partial charge < -0.3 is 18.9 Å². The molecule has 3 aromatic carbocycles. The van der Waals surface area contributed by atoms with Gasteiger partial charge >= 0.3 is 5.69 Å². The zero-order valence-corrected chi connectivity index (χ0v) is 25.2. The van der Waals surface area contributed by atoms with Crippen LogP contribution in [0.15, 0.2) is 90.0 Å². The second-order valence-electron chi connectivity index (χ2n) is 10.0. The van der Waals surface area contributed by atoms with Crippen molar-refractivity contribution in [3.05, 3.63) is 112 Å². The second kappa shape index (κ2) is 13.4. The van der Waals surface area contributed by atoms with E-state index in [1.165, 1.54) is 17.8 Å². The Bertz CT molecular complexity index is 1530. The summed E-state index contributed by atoms with van der Waals surface area (Å²) in [5.74, 6) is 1.11. The number of anilines is 1. The van der Waals surface area contributed by atoms with E-state index in [0.717, 1.165) is 28.2 Å². The molecule has 1 aliphatic heterocycles. The molecule has 1 saturated heterocycles. The maximum absolute atomic E-state index is 12.8. The van der Waals surface area contributed by atoms with Crippen molar-refractivity contribution in [1.82, 2.24) is 14.5 Å². The number of thioether (sulfide) groups is 1. The molecule has 0 unspecified atom stereocenters. The lowest BCUT2D eigenvalue weighted by Crippen LogP contribution is -2.37. The van der Waals surface area contributed by atoms with Gasteiger partial charge in [0.05, 0.1) is 37.6 Å². The highest BCUT2D eigenvalue weighted by molar-refractivity contribution is 8.00. The third-order valence-electron chi connectivity index (χ3n) is 7.45. The lowest BCUT2D eigenvalue weighted by atomic mass is 9.80. The van der Waals surface area contributed by atoms with Crippen LogP contribution in [0.5, 0.6) is 11.5 Å². The number of rotatable bonds is 11. The topological polar surface area (TPSA) is 114 Å². The minimum absolute atomic E-state index is 0.0217. The fourth-order valence-electron chi connectivity index (χ4n) is 5.31. The Morgan fingerprint density at radius 3 is 2.02 bits per heavy atom. The van der Waals surface area contributed by atoms with Gasteiger partial charge in [-0.2, -0.15) is 4.98 Å². The van der Waals surface area contributed by atoms with Crippen LogP contribution in [0.4, 0.5) is 5.95 Å². The van der Waals surface area contributed by atoms with Crippen molar-refractivity contribution in [1.29, 1.82) is 0 Å². The summed E-state index contributed by atoms with van der Waals surface area (Å²) in [6.45, 7) is 1.65. The predicted molar refractivity (Wildman–Crippen MR) is 165 cm³/mol. The van der Waals surface area contributed by atoms with Crippen LogP contribution < -0.4 is 20.5 Å². The molecular weight excluding hydrogens is 568 g/mol. The first-order valence-electron chi connectivity index (χ1n) is 13.8. The monoisotopic (exact) mass is 602 g/mol. The molecule has 2 heterocycles. The van der Waals surface area contributed by atoms with Crippen LogP contribution >= 0.6 is 11.8 Å². The van der Waals surface area contributed by atoms with Crippen LogP contribution in [0.1, 0.15) is 35.4 Å². The molecule has 0 saturated carbocycles. The Kier molecular flexibility index (Phi) is 9.44. The number of carbonyl (C=O) groups excluding carboxylic acids is 1. The van der Waals surface area contributed by atoms with Gasteiger partial charge in [0.25, 0.3) is 0 Å². The molecule has 1 fully saturated rings. The Hall–Kier alpha value is -4.19. The van der Waals surface area contributed by atoms with Crippen molar-refractivity contribution in [3.63, 3.8) is 0 Å². The molecular formula is C32H34N4O6S. The largest absolute Gasteiger partial charge is 0.497 e. The maximum atomic E-state index is 12.8. The molecule has 11 heteroatoms. The van der Waals surface area contributed by atoms with Crippen molar-refractivity contribution < 1.29 is 23.7 Å². The molecule has 10 nitrogen and oxygen atoms in total. The summed E-state index contributed by atoms with van der Waals surface area (Å²) < 4.78 is 25.3. The van der Waals surface area contributed by atoms with E-state index in [1.54, 1.807) is 33.1 Å². The average Bonchev–Trinajstić information content (AvgIpc) is 3.45. The number of methoxy groups -OCH3 is 3. The van der Waals surface area contributed by atoms with Crippen LogP contribution in [0, 0.1) is 0 Å². The molecule has 1 aliphatic rings. The van der Waals surface area contributed by atoms with Gasteiger partial charge in [0.15, 0.2) is 0 Å². The van der Waals surface area contributed by atoms with E-state index in [-0.39, 0.29) is 28.6 Å². The van der Waals surface area contributed by atoms with Crippen molar-refractivity contribution in [3.8, 4) is 11.5 Å². The van der Waals surface area contributed by atoms with Crippen LogP contribution in [0.3, 0.4) is 0 Å². The van der Waals surface area contributed by atoms with Gasteiger partial charge in [0.2, 0.25) is 11.9 Å². The van der Waals surface area contributed by atoms with Gasteiger partial charge in [-0.05, 0) is 41.0 Å². The van der Waals surface area contributed by atoms with Crippen LogP contribution in [-0.4, -0.2) is 59.7 Å². The van der Waals surface area contributed by atoms with Crippen LogP contribution in [0.25, 0.3) is 0 Å². The number of benzene rings is 3. The van der Waals surface area contributed by atoms with Crippen molar-refractivity contribution in [2.45, 2.75) is 35.7 Å². The van der Waals surface area contributed by atoms with E-state index in [9.17, 15) is 9.59 Å². The molecule has 43 heavy (non-hydrogen) atoms. The molecule has 0 spiro atoms. The number of ether oxygens (including phenoxy) is 4. The summed E-state index contributed by atoms with van der Waals surface area (Å²) in [6.07, 6.45) is 1.77. The van der Waals surface area contributed by atoms with Crippen molar-refractivity contribution >= 4 is 23.6 Å². The van der Waals surface area contributed by atoms with E-state index in [0.29, 0.717) is 13.0 Å². The molecule has 0 bridgehead atoms. The Labute approximate surface area is 254 Å². The quantitative estimate of drug-likeness (QED) is 0.245. The number of carbonyl (C=O) groups is 1. The summed E-state index contributed by atoms with van der Waals surface area (Å²) in [4.78, 5) is 32.3. The summed E-state index contributed by atoms with van der Waals surface area (Å²) >= 11 is 1.57. The van der Waals surface area contributed by atoms with Gasteiger partial charge in [0.1, 0.15) is 23.4 Å². The average molecular weight is 603 g/mol. The summed E-state index contributed by atoms with van der Waals surface area (Å²) in [5.41, 5.74) is 1.34.